The molecule has 3 aromatic rings. The molecule has 0 unspecified atom stereocenters. The molecule has 2 aliphatic rings. The average molecular weight is 425 g/mol. The zero-order valence-electron chi connectivity index (χ0n) is 17.7. The van der Waals surface area contributed by atoms with Gasteiger partial charge < -0.3 is 14.8 Å². The Balaban J connectivity index is 1.68. The lowest BCUT2D eigenvalue weighted by atomic mass is 9.99. The number of carbonyl (C=O) groups excluding carboxylic acids is 1. The van der Waals surface area contributed by atoms with Crippen molar-refractivity contribution >= 4 is 22.6 Å². The Morgan fingerprint density at radius 3 is 2.71 bits per heavy atom. The smallest absolute Gasteiger partial charge is 0.222 e. The second-order valence-corrected chi connectivity index (χ2v) is 8.51. The van der Waals surface area contributed by atoms with E-state index in [1.165, 1.54) is 6.92 Å². The quantitative estimate of drug-likeness (QED) is 0.649. The number of fused-ring (bicyclic) bond motifs is 1. The predicted molar refractivity (Wildman–Crippen MR) is 112 cm³/mol. The Morgan fingerprint density at radius 1 is 1.32 bits per heavy atom. The molecule has 8 nitrogen and oxygen atoms in total. The Bertz CT molecular complexity index is 1170. The number of rotatable bonds is 6. The van der Waals surface area contributed by atoms with Gasteiger partial charge in [-0.25, -0.2) is 19.0 Å². The van der Waals surface area contributed by atoms with Gasteiger partial charge in [-0.05, 0) is 26.7 Å². The second-order valence-electron chi connectivity index (χ2n) is 8.51. The van der Waals surface area contributed by atoms with Gasteiger partial charge in [-0.15, -0.1) is 0 Å². The molecular formula is C22H24FN5O3. The molecule has 3 aromatic heterocycles. The van der Waals surface area contributed by atoms with Gasteiger partial charge in [0.1, 0.15) is 11.6 Å². The van der Waals surface area contributed by atoms with Gasteiger partial charge in [0.05, 0.1) is 36.2 Å². The Morgan fingerprint density at radius 2 is 2.10 bits per heavy atom. The Kier molecular flexibility index (Phi) is 4.65. The highest BCUT2D eigenvalue weighted by atomic mass is 19.1. The normalized spacial score (nSPS) is 17.6. The molecule has 0 radical (unpaired) electrons. The van der Waals surface area contributed by atoms with Crippen molar-refractivity contribution < 1.29 is 18.7 Å². The zero-order valence-corrected chi connectivity index (χ0v) is 17.7. The van der Waals surface area contributed by atoms with Crippen LogP contribution in [0.15, 0.2) is 24.4 Å². The highest BCUT2D eigenvalue weighted by Gasteiger charge is 2.43. The number of pyridine rings is 2. The minimum absolute atomic E-state index is 0.0334. The van der Waals surface area contributed by atoms with Gasteiger partial charge in [-0.3, -0.25) is 4.79 Å². The third kappa shape index (κ3) is 3.74. The first kappa shape index (κ1) is 19.9. The van der Waals surface area contributed by atoms with Crippen LogP contribution in [0, 0.1) is 0 Å². The van der Waals surface area contributed by atoms with Gasteiger partial charge in [0.25, 0.3) is 0 Å². The fraction of sp³-hybridized carbons (Fsp3) is 0.455. The molecule has 31 heavy (non-hydrogen) atoms. The first-order valence-corrected chi connectivity index (χ1v) is 10.4. The number of nitrogens with one attached hydrogen (secondary N) is 1. The summed E-state index contributed by atoms with van der Waals surface area (Å²) in [7, 11) is 0. The molecule has 0 spiro atoms. The van der Waals surface area contributed by atoms with Crippen LogP contribution < -0.4 is 10.1 Å². The van der Waals surface area contributed by atoms with Crippen LogP contribution in [0.5, 0.6) is 5.75 Å². The van der Waals surface area contributed by atoms with Gasteiger partial charge >= 0.3 is 0 Å². The van der Waals surface area contributed by atoms with Crippen LogP contribution in [0.3, 0.4) is 0 Å². The molecule has 0 atom stereocenters. The number of ether oxygens (including phenoxy) is 2. The van der Waals surface area contributed by atoms with Crippen molar-refractivity contribution in [3.05, 3.63) is 35.8 Å². The SMILES string of the molecule is CC(=O)Nc1cc2c(cn1)c(C1CC1)nn2-c1cc(OC(C)C)cc(C2(F)COC2)n1. The molecule has 1 aliphatic carbocycles. The van der Waals surface area contributed by atoms with E-state index in [2.05, 4.69) is 15.3 Å². The Hall–Kier alpha value is -3.07. The van der Waals surface area contributed by atoms with Crippen LogP contribution >= 0.6 is 0 Å². The highest BCUT2D eigenvalue weighted by Crippen LogP contribution is 2.43. The summed E-state index contributed by atoms with van der Waals surface area (Å²) in [4.78, 5) is 20.5. The van der Waals surface area contributed by atoms with E-state index in [4.69, 9.17) is 14.6 Å². The first-order valence-electron chi connectivity index (χ1n) is 10.4. The van der Waals surface area contributed by atoms with Crippen molar-refractivity contribution in [2.45, 2.75) is 51.3 Å². The minimum Gasteiger partial charge on any atom is -0.491 e. The maximum atomic E-state index is 15.2. The number of hydrogen-bond donors (Lipinski definition) is 1. The topological polar surface area (TPSA) is 91.2 Å². The van der Waals surface area contributed by atoms with Crippen LogP contribution in [-0.2, 0) is 15.2 Å². The number of carbonyl (C=O) groups is 1. The fourth-order valence-electron chi connectivity index (χ4n) is 3.71. The number of amides is 1. The van der Waals surface area contributed by atoms with Gasteiger partial charge in [0.2, 0.25) is 5.91 Å². The number of aromatic nitrogens is 4. The minimum atomic E-state index is -1.64. The van der Waals surface area contributed by atoms with E-state index >= 15 is 4.39 Å². The summed E-state index contributed by atoms with van der Waals surface area (Å²) in [6.07, 6.45) is 3.78. The van der Waals surface area contributed by atoms with Crippen LogP contribution in [0.25, 0.3) is 16.7 Å². The molecule has 1 amide bonds. The second kappa shape index (κ2) is 7.26. The van der Waals surface area contributed by atoms with E-state index in [1.54, 1.807) is 29.1 Å². The van der Waals surface area contributed by atoms with Gasteiger partial charge in [0.15, 0.2) is 11.5 Å². The fourth-order valence-corrected chi connectivity index (χ4v) is 3.71. The number of anilines is 1. The number of hydrogen-bond acceptors (Lipinski definition) is 6. The molecule has 0 aromatic carbocycles. The largest absolute Gasteiger partial charge is 0.491 e. The molecule has 1 N–H and O–H groups in total. The van der Waals surface area contributed by atoms with E-state index in [0.29, 0.717) is 23.3 Å². The lowest BCUT2D eigenvalue weighted by molar-refractivity contribution is -0.137. The number of halogens is 1. The molecule has 1 saturated carbocycles. The summed E-state index contributed by atoms with van der Waals surface area (Å²) in [5.74, 6) is 1.56. The summed E-state index contributed by atoms with van der Waals surface area (Å²) in [6, 6.07) is 5.16. The maximum absolute atomic E-state index is 15.2. The summed E-state index contributed by atoms with van der Waals surface area (Å²) in [6.45, 7) is 5.19. The third-order valence-electron chi connectivity index (χ3n) is 5.36. The van der Waals surface area contributed by atoms with Gasteiger partial charge in [-0.2, -0.15) is 5.10 Å². The lowest BCUT2D eigenvalue weighted by Gasteiger charge is -2.33. The first-order chi connectivity index (χ1) is 14.8. The molecule has 9 heteroatoms. The number of alkyl halides is 1. The van der Waals surface area contributed by atoms with Crippen LogP contribution in [0.4, 0.5) is 10.2 Å². The summed E-state index contributed by atoms with van der Waals surface area (Å²) in [5.41, 5.74) is 0.312. The molecular weight excluding hydrogens is 401 g/mol. The van der Waals surface area contributed by atoms with Gasteiger partial charge in [-0.1, -0.05) is 0 Å². The average Bonchev–Trinajstić information content (AvgIpc) is 3.45. The molecule has 0 bridgehead atoms. The molecule has 1 aliphatic heterocycles. The van der Waals surface area contributed by atoms with Gasteiger partial charge in [0, 0.05) is 42.6 Å². The highest BCUT2D eigenvalue weighted by molar-refractivity contribution is 5.91. The predicted octanol–water partition coefficient (Wildman–Crippen LogP) is 3.63. The van der Waals surface area contributed by atoms with Crippen molar-refractivity contribution in [2.24, 2.45) is 0 Å². The Labute approximate surface area is 178 Å². The third-order valence-corrected chi connectivity index (χ3v) is 5.36. The van der Waals surface area contributed by atoms with E-state index in [1.807, 2.05) is 13.8 Å². The molecule has 4 heterocycles. The van der Waals surface area contributed by atoms with Crippen molar-refractivity contribution in [2.75, 3.05) is 18.5 Å². The maximum Gasteiger partial charge on any atom is 0.222 e. The zero-order chi connectivity index (χ0) is 21.8. The van der Waals surface area contributed by atoms with E-state index in [9.17, 15) is 4.79 Å². The van der Waals surface area contributed by atoms with E-state index < -0.39 is 5.67 Å². The van der Waals surface area contributed by atoms with Crippen molar-refractivity contribution in [1.82, 2.24) is 19.7 Å². The summed E-state index contributed by atoms with van der Waals surface area (Å²) in [5, 5.41) is 8.43. The molecule has 5 rings (SSSR count). The summed E-state index contributed by atoms with van der Waals surface area (Å²) >= 11 is 0. The van der Waals surface area contributed by atoms with E-state index in [0.717, 1.165) is 29.4 Å². The van der Waals surface area contributed by atoms with E-state index in [-0.39, 0.29) is 30.9 Å². The van der Waals surface area contributed by atoms with Crippen LogP contribution in [-0.4, -0.2) is 45.0 Å². The molecule has 162 valence electrons. The van der Waals surface area contributed by atoms with Crippen molar-refractivity contribution in [1.29, 1.82) is 0 Å². The number of nitrogens with zero attached hydrogens (tertiary/aromatic N) is 4. The molecule has 2 fully saturated rings. The monoisotopic (exact) mass is 425 g/mol. The lowest BCUT2D eigenvalue weighted by Crippen LogP contribution is -2.43. The standard InChI is InChI=1S/C22H24FN5O3/c1-12(2)31-15-6-18(22(23)10-30-11-22)26-20(7-15)28-17-8-19(25-13(3)29)24-9-16(17)21(27-28)14-4-5-14/h6-9,12,14H,4-5,10-11H2,1-3H3,(H,24,25,29). The van der Waals surface area contributed by atoms with Crippen molar-refractivity contribution in [3.8, 4) is 11.6 Å². The van der Waals surface area contributed by atoms with Crippen LogP contribution in [0.2, 0.25) is 0 Å². The van der Waals surface area contributed by atoms with Crippen LogP contribution in [0.1, 0.15) is 50.9 Å². The molecule has 1 saturated heterocycles. The summed E-state index contributed by atoms with van der Waals surface area (Å²) < 4.78 is 27.9. The van der Waals surface area contributed by atoms with Crippen molar-refractivity contribution in [3.63, 3.8) is 0 Å².